The summed E-state index contributed by atoms with van der Waals surface area (Å²) in [5.74, 6) is 1.13. The Hall–Kier alpha value is -3.06. The van der Waals surface area contributed by atoms with Crippen molar-refractivity contribution in [2.75, 3.05) is 19.5 Å². The number of aromatic nitrogens is 1. The Morgan fingerprint density at radius 2 is 1.92 bits per heavy atom. The third-order valence-electron chi connectivity index (χ3n) is 3.68. The van der Waals surface area contributed by atoms with Gasteiger partial charge >= 0.3 is 0 Å². The summed E-state index contributed by atoms with van der Waals surface area (Å²) in [6.07, 6.45) is 0. The van der Waals surface area contributed by atoms with E-state index in [1.807, 2.05) is 42.5 Å². The molecule has 0 saturated carbocycles. The van der Waals surface area contributed by atoms with Gasteiger partial charge in [0.25, 0.3) is 5.91 Å². The van der Waals surface area contributed by atoms with Crippen LogP contribution in [0.15, 0.2) is 53.9 Å². The van der Waals surface area contributed by atoms with Gasteiger partial charge in [-0.15, -0.1) is 11.3 Å². The molecular weight excluding hydrogens is 350 g/mol. The average Bonchev–Trinajstić information content (AvgIpc) is 3.16. The fourth-order valence-corrected chi connectivity index (χ4v) is 3.02. The summed E-state index contributed by atoms with van der Waals surface area (Å²) in [6, 6.07) is 15.2. The third-order valence-corrected chi connectivity index (χ3v) is 4.44. The van der Waals surface area contributed by atoms with Crippen LogP contribution in [0, 0.1) is 0 Å². The van der Waals surface area contributed by atoms with Gasteiger partial charge in [-0.2, -0.15) is 0 Å². The topological polar surface area (TPSA) is 72.5 Å². The summed E-state index contributed by atoms with van der Waals surface area (Å²) < 4.78 is 10.5. The molecule has 0 radical (unpaired) electrons. The molecule has 1 heterocycles. The number of amides is 1. The van der Waals surface area contributed by atoms with Crippen molar-refractivity contribution >= 4 is 28.1 Å². The van der Waals surface area contributed by atoms with Crippen molar-refractivity contribution in [2.45, 2.75) is 6.54 Å². The summed E-state index contributed by atoms with van der Waals surface area (Å²) in [5, 5.41) is 8.37. The Labute approximate surface area is 155 Å². The van der Waals surface area contributed by atoms with Crippen LogP contribution in [0.25, 0.3) is 0 Å². The maximum atomic E-state index is 12.3. The molecular formula is C19H19N3O3S. The molecule has 3 rings (SSSR count). The van der Waals surface area contributed by atoms with Crippen LogP contribution in [0.2, 0.25) is 0 Å². The highest BCUT2D eigenvalue weighted by atomic mass is 32.1. The van der Waals surface area contributed by atoms with E-state index in [2.05, 4.69) is 15.6 Å². The van der Waals surface area contributed by atoms with Gasteiger partial charge in [0, 0.05) is 18.0 Å². The number of anilines is 2. The minimum atomic E-state index is -0.208. The number of carbonyl (C=O) groups is 1. The second-order valence-electron chi connectivity index (χ2n) is 5.40. The number of nitrogens with zero attached hydrogens (tertiary/aromatic N) is 1. The monoisotopic (exact) mass is 369 g/mol. The number of rotatable bonds is 7. The van der Waals surface area contributed by atoms with Gasteiger partial charge in [0.2, 0.25) is 0 Å². The second kappa shape index (κ2) is 8.35. The average molecular weight is 369 g/mol. The fourth-order valence-electron chi connectivity index (χ4n) is 2.32. The SMILES string of the molecule is COc1ccc(Nc2nc(C(=O)NCc3ccccc3)cs2)c(OC)c1. The number of nitrogens with one attached hydrogen (secondary N) is 2. The molecule has 0 spiro atoms. The zero-order valence-corrected chi connectivity index (χ0v) is 15.3. The predicted octanol–water partition coefficient (Wildman–Crippen LogP) is 3.83. The molecule has 0 aliphatic carbocycles. The van der Waals surface area contributed by atoms with Gasteiger partial charge in [0.1, 0.15) is 17.2 Å². The maximum Gasteiger partial charge on any atom is 0.271 e. The molecule has 0 saturated heterocycles. The van der Waals surface area contributed by atoms with Crippen molar-refractivity contribution in [3.8, 4) is 11.5 Å². The van der Waals surface area contributed by atoms with E-state index in [1.54, 1.807) is 25.7 Å². The van der Waals surface area contributed by atoms with Gasteiger partial charge in [0.05, 0.1) is 19.9 Å². The van der Waals surface area contributed by atoms with Gasteiger partial charge < -0.3 is 20.1 Å². The molecule has 0 bridgehead atoms. The molecule has 1 aromatic heterocycles. The smallest absolute Gasteiger partial charge is 0.271 e. The van der Waals surface area contributed by atoms with E-state index in [4.69, 9.17) is 9.47 Å². The molecule has 0 unspecified atom stereocenters. The Morgan fingerprint density at radius 1 is 1.12 bits per heavy atom. The molecule has 7 heteroatoms. The molecule has 0 aliphatic rings. The van der Waals surface area contributed by atoms with E-state index in [0.717, 1.165) is 11.3 Å². The highest BCUT2D eigenvalue weighted by molar-refractivity contribution is 7.14. The molecule has 2 N–H and O–H groups in total. The van der Waals surface area contributed by atoms with Crippen LogP contribution in [-0.4, -0.2) is 25.1 Å². The maximum absolute atomic E-state index is 12.3. The number of benzene rings is 2. The highest BCUT2D eigenvalue weighted by Gasteiger charge is 2.12. The van der Waals surface area contributed by atoms with Gasteiger partial charge in [-0.05, 0) is 17.7 Å². The molecule has 134 valence electrons. The minimum Gasteiger partial charge on any atom is -0.497 e. The second-order valence-corrected chi connectivity index (χ2v) is 6.26. The van der Waals surface area contributed by atoms with Crippen LogP contribution in [0.5, 0.6) is 11.5 Å². The molecule has 1 amide bonds. The summed E-state index contributed by atoms with van der Waals surface area (Å²) >= 11 is 1.35. The molecule has 6 nitrogen and oxygen atoms in total. The van der Waals surface area contributed by atoms with Crippen LogP contribution in [0.4, 0.5) is 10.8 Å². The zero-order chi connectivity index (χ0) is 18.4. The minimum absolute atomic E-state index is 0.208. The highest BCUT2D eigenvalue weighted by Crippen LogP contribution is 2.32. The lowest BCUT2D eigenvalue weighted by Gasteiger charge is -2.10. The van der Waals surface area contributed by atoms with E-state index < -0.39 is 0 Å². The molecule has 26 heavy (non-hydrogen) atoms. The van der Waals surface area contributed by atoms with Crippen LogP contribution >= 0.6 is 11.3 Å². The lowest BCUT2D eigenvalue weighted by atomic mass is 10.2. The molecule has 0 fully saturated rings. The summed E-state index contributed by atoms with van der Waals surface area (Å²) in [5.41, 5.74) is 2.16. The molecule has 0 atom stereocenters. The van der Waals surface area contributed by atoms with Crippen molar-refractivity contribution < 1.29 is 14.3 Å². The van der Waals surface area contributed by atoms with E-state index >= 15 is 0 Å². The summed E-state index contributed by atoms with van der Waals surface area (Å²) in [7, 11) is 3.19. The van der Waals surface area contributed by atoms with Crippen molar-refractivity contribution in [3.05, 3.63) is 65.2 Å². The standard InChI is InChI=1S/C19H19N3O3S/c1-24-14-8-9-15(17(10-14)25-2)21-19-22-16(12-26-19)18(23)20-11-13-6-4-3-5-7-13/h3-10,12H,11H2,1-2H3,(H,20,23)(H,21,22). The lowest BCUT2D eigenvalue weighted by Crippen LogP contribution is -2.23. The first-order chi connectivity index (χ1) is 12.7. The van der Waals surface area contributed by atoms with Gasteiger partial charge in [0.15, 0.2) is 5.13 Å². The van der Waals surface area contributed by atoms with Crippen molar-refractivity contribution in [3.63, 3.8) is 0 Å². The van der Waals surface area contributed by atoms with Crippen molar-refractivity contribution in [1.29, 1.82) is 0 Å². The Balaban J connectivity index is 1.65. The van der Waals surface area contributed by atoms with Crippen molar-refractivity contribution in [1.82, 2.24) is 10.3 Å². The molecule has 3 aromatic rings. The number of thiazole rings is 1. The Kier molecular flexibility index (Phi) is 5.70. The normalized spacial score (nSPS) is 10.2. The number of ether oxygens (including phenoxy) is 2. The zero-order valence-electron chi connectivity index (χ0n) is 14.5. The van der Waals surface area contributed by atoms with E-state index in [9.17, 15) is 4.79 Å². The van der Waals surface area contributed by atoms with Crippen LogP contribution < -0.4 is 20.1 Å². The number of hydrogen-bond acceptors (Lipinski definition) is 6. The summed E-state index contributed by atoms with van der Waals surface area (Å²) in [4.78, 5) is 16.6. The molecule has 0 aliphatic heterocycles. The van der Waals surface area contributed by atoms with E-state index in [1.165, 1.54) is 11.3 Å². The van der Waals surface area contributed by atoms with Crippen molar-refractivity contribution in [2.24, 2.45) is 0 Å². The Bertz CT molecular complexity index is 881. The first kappa shape index (κ1) is 17.8. The quantitative estimate of drug-likeness (QED) is 0.662. The Morgan fingerprint density at radius 3 is 2.65 bits per heavy atom. The predicted molar refractivity (Wildman–Crippen MR) is 103 cm³/mol. The third kappa shape index (κ3) is 4.31. The largest absolute Gasteiger partial charge is 0.497 e. The van der Waals surface area contributed by atoms with Gasteiger partial charge in [-0.1, -0.05) is 30.3 Å². The number of hydrogen-bond donors (Lipinski definition) is 2. The lowest BCUT2D eigenvalue weighted by molar-refractivity contribution is 0.0946. The first-order valence-corrected chi connectivity index (χ1v) is 8.84. The van der Waals surface area contributed by atoms with Crippen LogP contribution in [-0.2, 0) is 6.54 Å². The van der Waals surface area contributed by atoms with Gasteiger partial charge in [-0.3, -0.25) is 4.79 Å². The van der Waals surface area contributed by atoms with E-state index in [-0.39, 0.29) is 5.91 Å². The van der Waals surface area contributed by atoms with Gasteiger partial charge in [-0.25, -0.2) is 4.98 Å². The number of carbonyl (C=O) groups excluding carboxylic acids is 1. The van der Waals surface area contributed by atoms with E-state index in [0.29, 0.717) is 28.9 Å². The fraction of sp³-hybridized carbons (Fsp3) is 0.158. The van der Waals surface area contributed by atoms with Crippen LogP contribution in [0.3, 0.4) is 0 Å². The summed E-state index contributed by atoms with van der Waals surface area (Å²) in [6.45, 7) is 0.465. The molecule has 2 aromatic carbocycles. The number of methoxy groups -OCH3 is 2. The first-order valence-electron chi connectivity index (χ1n) is 7.96. The van der Waals surface area contributed by atoms with Crippen LogP contribution in [0.1, 0.15) is 16.1 Å².